The van der Waals surface area contributed by atoms with Crippen molar-refractivity contribution in [2.75, 3.05) is 26.2 Å². The van der Waals surface area contributed by atoms with Crippen LogP contribution in [0.3, 0.4) is 0 Å². The minimum atomic E-state index is -0.282. The second kappa shape index (κ2) is 5.83. The normalized spacial score (nSPS) is 24.5. The Balaban J connectivity index is 1.75. The predicted molar refractivity (Wildman–Crippen MR) is 68.7 cm³/mol. The number of amides is 1. The van der Waals surface area contributed by atoms with E-state index in [4.69, 9.17) is 5.73 Å². The van der Waals surface area contributed by atoms with Gasteiger partial charge in [-0.15, -0.1) is 0 Å². The molecule has 1 unspecified atom stereocenters. The van der Waals surface area contributed by atoms with Crippen molar-refractivity contribution >= 4 is 5.91 Å². The number of carbonyl (C=O) groups excluding carboxylic acids is 1. The minimum Gasteiger partial charge on any atom is -0.339 e. The molecular formula is C13H25N3O. The standard InChI is InChI=1S/C13H25N3O/c1-2-4-12(14)13(17)16-9-7-15(8-10-16)11-5-3-6-11/h11-12H,2-10,14H2,1H3. The molecule has 2 aliphatic rings. The fourth-order valence-corrected chi connectivity index (χ4v) is 2.73. The van der Waals surface area contributed by atoms with Gasteiger partial charge in [0.25, 0.3) is 0 Å². The Morgan fingerprint density at radius 2 is 1.94 bits per heavy atom. The number of nitrogens with two attached hydrogens (primary N) is 1. The summed E-state index contributed by atoms with van der Waals surface area (Å²) in [5, 5.41) is 0. The van der Waals surface area contributed by atoms with Crippen molar-refractivity contribution in [1.82, 2.24) is 9.80 Å². The molecule has 0 aromatic heterocycles. The van der Waals surface area contributed by atoms with Crippen LogP contribution >= 0.6 is 0 Å². The molecule has 2 fully saturated rings. The van der Waals surface area contributed by atoms with Gasteiger partial charge in [-0.1, -0.05) is 19.8 Å². The van der Waals surface area contributed by atoms with Gasteiger partial charge in [0.2, 0.25) is 5.91 Å². The minimum absolute atomic E-state index is 0.153. The Morgan fingerprint density at radius 3 is 2.41 bits per heavy atom. The molecule has 0 spiro atoms. The smallest absolute Gasteiger partial charge is 0.239 e. The molecule has 1 amide bonds. The van der Waals surface area contributed by atoms with E-state index in [1.165, 1.54) is 19.3 Å². The van der Waals surface area contributed by atoms with E-state index >= 15 is 0 Å². The number of hydrogen-bond acceptors (Lipinski definition) is 3. The molecule has 1 aliphatic heterocycles. The number of rotatable bonds is 4. The average Bonchev–Trinajstić information content (AvgIpc) is 2.27. The van der Waals surface area contributed by atoms with Crippen LogP contribution in [-0.2, 0) is 4.79 Å². The highest BCUT2D eigenvalue weighted by molar-refractivity contribution is 5.81. The van der Waals surface area contributed by atoms with Crippen LogP contribution in [0.15, 0.2) is 0 Å². The third-order valence-corrected chi connectivity index (χ3v) is 4.13. The molecule has 4 heteroatoms. The highest BCUT2D eigenvalue weighted by Gasteiger charge is 2.30. The van der Waals surface area contributed by atoms with Gasteiger partial charge in [-0.05, 0) is 19.3 Å². The molecule has 1 atom stereocenters. The molecule has 1 saturated heterocycles. The SMILES string of the molecule is CCCC(N)C(=O)N1CCN(C2CCC2)CC1. The quantitative estimate of drug-likeness (QED) is 0.790. The fourth-order valence-electron chi connectivity index (χ4n) is 2.73. The number of hydrogen-bond donors (Lipinski definition) is 1. The van der Waals surface area contributed by atoms with Crippen molar-refractivity contribution in [3.63, 3.8) is 0 Å². The van der Waals surface area contributed by atoms with Gasteiger partial charge in [0, 0.05) is 32.2 Å². The van der Waals surface area contributed by atoms with Crippen molar-refractivity contribution in [2.24, 2.45) is 5.73 Å². The molecule has 0 aromatic rings. The largest absolute Gasteiger partial charge is 0.339 e. The summed E-state index contributed by atoms with van der Waals surface area (Å²) in [6.07, 6.45) is 5.87. The lowest BCUT2D eigenvalue weighted by atomic mass is 9.91. The van der Waals surface area contributed by atoms with E-state index in [1.807, 2.05) is 4.90 Å². The summed E-state index contributed by atoms with van der Waals surface area (Å²) in [4.78, 5) is 16.5. The Hall–Kier alpha value is -0.610. The lowest BCUT2D eigenvalue weighted by Gasteiger charge is -2.43. The average molecular weight is 239 g/mol. The van der Waals surface area contributed by atoms with Crippen molar-refractivity contribution in [2.45, 2.75) is 51.1 Å². The molecule has 4 nitrogen and oxygen atoms in total. The molecule has 1 saturated carbocycles. The first kappa shape index (κ1) is 12.8. The second-order valence-corrected chi connectivity index (χ2v) is 5.34. The third kappa shape index (κ3) is 2.99. The Bertz CT molecular complexity index is 257. The van der Waals surface area contributed by atoms with E-state index < -0.39 is 0 Å². The molecule has 0 aromatic carbocycles. The van der Waals surface area contributed by atoms with Crippen molar-refractivity contribution in [1.29, 1.82) is 0 Å². The summed E-state index contributed by atoms with van der Waals surface area (Å²) in [5.41, 5.74) is 5.89. The van der Waals surface area contributed by atoms with Crippen LogP contribution in [-0.4, -0.2) is 54.0 Å². The van der Waals surface area contributed by atoms with Gasteiger partial charge in [0.15, 0.2) is 0 Å². The van der Waals surface area contributed by atoms with Gasteiger partial charge in [0.05, 0.1) is 6.04 Å². The third-order valence-electron chi connectivity index (χ3n) is 4.13. The molecule has 1 heterocycles. The lowest BCUT2D eigenvalue weighted by Crippen LogP contribution is -2.56. The summed E-state index contributed by atoms with van der Waals surface area (Å²) < 4.78 is 0. The van der Waals surface area contributed by atoms with Gasteiger partial charge in [0.1, 0.15) is 0 Å². The molecular weight excluding hydrogens is 214 g/mol. The fraction of sp³-hybridized carbons (Fsp3) is 0.923. The monoisotopic (exact) mass is 239 g/mol. The maximum Gasteiger partial charge on any atom is 0.239 e. The van der Waals surface area contributed by atoms with Gasteiger partial charge in [-0.25, -0.2) is 0 Å². The van der Waals surface area contributed by atoms with E-state index in [-0.39, 0.29) is 11.9 Å². The number of nitrogens with zero attached hydrogens (tertiary/aromatic N) is 2. The van der Waals surface area contributed by atoms with Crippen LogP contribution in [0.4, 0.5) is 0 Å². The first-order valence-corrected chi connectivity index (χ1v) is 7.00. The van der Waals surface area contributed by atoms with Crippen LogP contribution in [0.2, 0.25) is 0 Å². The summed E-state index contributed by atoms with van der Waals surface area (Å²) in [6, 6.07) is 0.520. The topological polar surface area (TPSA) is 49.6 Å². The van der Waals surface area contributed by atoms with Crippen molar-refractivity contribution in [3.05, 3.63) is 0 Å². The molecule has 98 valence electrons. The molecule has 1 aliphatic carbocycles. The highest BCUT2D eigenvalue weighted by atomic mass is 16.2. The molecule has 2 N–H and O–H groups in total. The summed E-state index contributed by atoms with van der Waals surface area (Å²) in [7, 11) is 0. The van der Waals surface area contributed by atoms with Gasteiger partial charge in [-0.2, -0.15) is 0 Å². The van der Waals surface area contributed by atoms with E-state index in [0.29, 0.717) is 0 Å². The predicted octanol–water partition coefficient (Wildman–Crippen LogP) is 0.811. The molecule has 2 rings (SSSR count). The van der Waals surface area contributed by atoms with E-state index in [9.17, 15) is 4.79 Å². The second-order valence-electron chi connectivity index (χ2n) is 5.34. The summed E-state index contributed by atoms with van der Waals surface area (Å²) >= 11 is 0. The zero-order valence-corrected chi connectivity index (χ0v) is 10.9. The molecule has 17 heavy (non-hydrogen) atoms. The lowest BCUT2D eigenvalue weighted by molar-refractivity contribution is -0.135. The van der Waals surface area contributed by atoms with Crippen molar-refractivity contribution in [3.8, 4) is 0 Å². The Kier molecular flexibility index (Phi) is 4.40. The van der Waals surface area contributed by atoms with Crippen LogP contribution in [0.25, 0.3) is 0 Å². The highest BCUT2D eigenvalue weighted by Crippen LogP contribution is 2.25. The maximum atomic E-state index is 12.0. The molecule has 0 bridgehead atoms. The van der Waals surface area contributed by atoms with Crippen LogP contribution in [0.5, 0.6) is 0 Å². The number of piperazine rings is 1. The Morgan fingerprint density at radius 1 is 1.29 bits per heavy atom. The van der Waals surface area contributed by atoms with Gasteiger partial charge >= 0.3 is 0 Å². The maximum absolute atomic E-state index is 12.0. The summed E-state index contributed by atoms with van der Waals surface area (Å²) in [5.74, 6) is 0.153. The zero-order valence-electron chi connectivity index (χ0n) is 10.9. The summed E-state index contributed by atoms with van der Waals surface area (Å²) in [6.45, 7) is 5.88. The van der Waals surface area contributed by atoms with E-state index in [1.54, 1.807) is 0 Å². The first-order valence-electron chi connectivity index (χ1n) is 7.00. The number of carbonyl (C=O) groups is 1. The van der Waals surface area contributed by atoms with Gasteiger partial charge in [-0.3, -0.25) is 9.69 Å². The van der Waals surface area contributed by atoms with Crippen LogP contribution in [0.1, 0.15) is 39.0 Å². The zero-order chi connectivity index (χ0) is 12.3. The Labute approximate surface area is 104 Å². The van der Waals surface area contributed by atoms with E-state index in [0.717, 1.165) is 45.1 Å². The van der Waals surface area contributed by atoms with Crippen LogP contribution in [0, 0.1) is 0 Å². The van der Waals surface area contributed by atoms with E-state index in [2.05, 4.69) is 11.8 Å². The first-order chi connectivity index (χ1) is 8.22. The van der Waals surface area contributed by atoms with Gasteiger partial charge < -0.3 is 10.6 Å². The molecule has 0 radical (unpaired) electrons. The van der Waals surface area contributed by atoms with Crippen molar-refractivity contribution < 1.29 is 4.79 Å². The van der Waals surface area contributed by atoms with Crippen LogP contribution < -0.4 is 5.73 Å².